The highest BCUT2D eigenvalue weighted by Crippen LogP contribution is 2.20. The summed E-state index contributed by atoms with van der Waals surface area (Å²) in [7, 11) is 1.99. The fraction of sp³-hybridized carbons (Fsp3) is 0.318. The molecule has 0 spiro atoms. The monoisotopic (exact) mass is 375 g/mol. The van der Waals surface area contributed by atoms with Gasteiger partial charge in [0.2, 0.25) is 0 Å². The van der Waals surface area contributed by atoms with Gasteiger partial charge < -0.3 is 5.32 Å². The highest BCUT2D eigenvalue weighted by atomic mass is 16.1. The maximum absolute atomic E-state index is 12.3. The molecular formula is C22H25N5O. The van der Waals surface area contributed by atoms with Gasteiger partial charge in [0.15, 0.2) is 0 Å². The SMILES string of the molecule is Cn1nc(-c2cccnc2)cc1CN1CCC(NC(=O)c2ccccc2)CC1. The number of hydrogen-bond acceptors (Lipinski definition) is 4. The second-order valence-electron chi connectivity index (χ2n) is 7.28. The van der Waals surface area contributed by atoms with Crippen LogP contribution in [0.3, 0.4) is 0 Å². The first kappa shape index (κ1) is 18.4. The average molecular weight is 375 g/mol. The number of pyridine rings is 1. The van der Waals surface area contributed by atoms with Crippen LogP contribution in [-0.2, 0) is 13.6 Å². The molecule has 1 fully saturated rings. The van der Waals surface area contributed by atoms with Crippen LogP contribution < -0.4 is 5.32 Å². The molecule has 1 N–H and O–H groups in total. The fourth-order valence-electron chi connectivity index (χ4n) is 3.63. The minimum Gasteiger partial charge on any atom is -0.349 e. The van der Waals surface area contributed by atoms with Gasteiger partial charge in [0.25, 0.3) is 5.91 Å². The van der Waals surface area contributed by atoms with Gasteiger partial charge in [-0.05, 0) is 43.2 Å². The summed E-state index contributed by atoms with van der Waals surface area (Å²) in [5.74, 6) is 0.0202. The smallest absolute Gasteiger partial charge is 0.251 e. The molecule has 0 atom stereocenters. The summed E-state index contributed by atoms with van der Waals surface area (Å²) in [6.45, 7) is 2.80. The molecule has 6 nitrogen and oxygen atoms in total. The number of hydrogen-bond donors (Lipinski definition) is 1. The predicted octanol–water partition coefficient (Wildman–Crippen LogP) is 2.88. The highest BCUT2D eigenvalue weighted by molar-refractivity contribution is 5.94. The number of aryl methyl sites for hydroxylation is 1. The normalized spacial score (nSPS) is 15.5. The molecule has 1 amide bonds. The number of aromatic nitrogens is 3. The molecule has 28 heavy (non-hydrogen) atoms. The molecule has 0 radical (unpaired) electrons. The highest BCUT2D eigenvalue weighted by Gasteiger charge is 2.22. The van der Waals surface area contributed by atoms with Crippen molar-refractivity contribution in [2.75, 3.05) is 13.1 Å². The first-order valence-corrected chi connectivity index (χ1v) is 9.70. The lowest BCUT2D eigenvalue weighted by Crippen LogP contribution is -2.44. The van der Waals surface area contributed by atoms with Gasteiger partial charge >= 0.3 is 0 Å². The number of piperidine rings is 1. The Morgan fingerprint density at radius 2 is 1.93 bits per heavy atom. The van der Waals surface area contributed by atoms with Gasteiger partial charge in [0.1, 0.15) is 0 Å². The molecule has 0 bridgehead atoms. The summed E-state index contributed by atoms with van der Waals surface area (Å²) in [6.07, 6.45) is 5.54. The van der Waals surface area contributed by atoms with Crippen molar-refractivity contribution >= 4 is 5.91 Å². The largest absolute Gasteiger partial charge is 0.349 e. The third-order valence-corrected chi connectivity index (χ3v) is 5.28. The Kier molecular flexibility index (Phi) is 5.48. The van der Waals surface area contributed by atoms with E-state index in [1.165, 1.54) is 5.69 Å². The Labute approximate surface area is 165 Å². The summed E-state index contributed by atoms with van der Waals surface area (Å²) in [5, 5.41) is 7.79. The van der Waals surface area contributed by atoms with E-state index in [2.05, 4.69) is 26.4 Å². The van der Waals surface area contributed by atoms with Crippen LogP contribution in [0.2, 0.25) is 0 Å². The summed E-state index contributed by atoms with van der Waals surface area (Å²) in [5.41, 5.74) is 3.90. The molecule has 0 aliphatic carbocycles. The second-order valence-corrected chi connectivity index (χ2v) is 7.28. The van der Waals surface area contributed by atoms with Crippen LogP contribution in [-0.4, -0.2) is 44.7 Å². The summed E-state index contributed by atoms with van der Waals surface area (Å²) >= 11 is 0. The maximum Gasteiger partial charge on any atom is 0.251 e. The standard InChI is InChI=1S/C22H25N5O/c1-26-20(14-21(25-26)18-8-5-11-23-15-18)16-27-12-9-19(10-13-27)24-22(28)17-6-3-2-4-7-17/h2-8,11,14-15,19H,9-10,12-13,16H2,1H3,(H,24,28). The predicted molar refractivity (Wildman–Crippen MR) is 109 cm³/mol. The minimum absolute atomic E-state index is 0.0202. The van der Waals surface area contributed by atoms with Crippen LogP contribution in [0.15, 0.2) is 60.9 Å². The van der Waals surface area contributed by atoms with Gasteiger partial charge in [-0.2, -0.15) is 5.10 Å². The molecule has 3 heterocycles. The van der Waals surface area contributed by atoms with Crippen LogP contribution in [0.25, 0.3) is 11.3 Å². The van der Waals surface area contributed by atoms with Crippen LogP contribution >= 0.6 is 0 Å². The number of carbonyl (C=O) groups is 1. The Hall–Kier alpha value is -2.99. The zero-order valence-corrected chi connectivity index (χ0v) is 16.1. The Bertz CT molecular complexity index is 915. The van der Waals surface area contributed by atoms with E-state index in [4.69, 9.17) is 0 Å². The van der Waals surface area contributed by atoms with Crippen LogP contribution in [0.4, 0.5) is 0 Å². The van der Waals surface area contributed by atoms with Crippen LogP contribution in [0.1, 0.15) is 28.9 Å². The number of nitrogens with one attached hydrogen (secondary N) is 1. The molecule has 1 aliphatic heterocycles. The van der Waals surface area contributed by atoms with Crippen LogP contribution in [0.5, 0.6) is 0 Å². The Balaban J connectivity index is 1.31. The van der Waals surface area contributed by atoms with Gasteiger partial charge in [-0.15, -0.1) is 0 Å². The number of amides is 1. The van der Waals surface area contributed by atoms with Gasteiger partial charge in [0.05, 0.1) is 11.4 Å². The summed E-state index contributed by atoms with van der Waals surface area (Å²) in [6, 6.07) is 15.8. The lowest BCUT2D eigenvalue weighted by molar-refractivity contribution is 0.0908. The van der Waals surface area contributed by atoms with Crippen LogP contribution in [0, 0.1) is 0 Å². The van der Waals surface area contributed by atoms with Crippen molar-refractivity contribution in [2.45, 2.75) is 25.4 Å². The van der Waals surface area contributed by atoms with E-state index in [1.54, 1.807) is 6.20 Å². The van der Waals surface area contributed by atoms with E-state index in [9.17, 15) is 4.79 Å². The number of carbonyl (C=O) groups excluding carboxylic acids is 1. The lowest BCUT2D eigenvalue weighted by Gasteiger charge is -2.32. The molecule has 0 saturated carbocycles. The molecule has 4 rings (SSSR count). The zero-order chi connectivity index (χ0) is 19.3. The first-order chi connectivity index (χ1) is 13.7. The van der Waals surface area contributed by atoms with E-state index in [-0.39, 0.29) is 11.9 Å². The van der Waals surface area contributed by atoms with Crippen molar-refractivity contribution in [1.29, 1.82) is 0 Å². The van der Waals surface area contributed by atoms with Gasteiger partial charge in [-0.25, -0.2) is 0 Å². The lowest BCUT2D eigenvalue weighted by atomic mass is 10.0. The van der Waals surface area contributed by atoms with E-state index >= 15 is 0 Å². The quantitative estimate of drug-likeness (QED) is 0.745. The average Bonchev–Trinajstić information content (AvgIpc) is 3.11. The summed E-state index contributed by atoms with van der Waals surface area (Å²) < 4.78 is 1.95. The van der Waals surface area contributed by atoms with Gasteiger partial charge in [-0.3, -0.25) is 19.4 Å². The zero-order valence-electron chi connectivity index (χ0n) is 16.1. The molecule has 1 aromatic carbocycles. The van der Waals surface area contributed by atoms with Crippen molar-refractivity contribution in [3.63, 3.8) is 0 Å². The topological polar surface area (TPSA) is 63.1 Å². The number of benzene rings is 1. The summed E-state index contributed by atoms with van der Waals surface area (Å²) in [4.78, 5) is 18.9. The third kappa shape index (κ3) is 4.28. The number of nitrogens with zero attached hydrogens (tertiary/aromatic N) is 4. The van der Waals surface area contributed by atoms with Crippen molar-refractivity contribution in [2.24, 2.45) is 7.05 Å². The van der Waals surface area contributed by atoms with Crippen molar-refractivity contribution in [3.8, 4) is 11.3 Å². The first-order valence-electron chi connectivity index (χ1n) is 9.70. The van der Waals surface area contributed by atoms with Crippen molar-refractivity contribution in [1.82, 2.24) is 25.0 Å². The minimum atomic E-state index is 0.0202. The molecule has 2 aromatic heterocycles. The Morgan fingerprint density at radius 1 is 1.14 bits per heavy atom. The maximum atomic E-state index is 12.3. The van der Waals surface area contributed by atoms with E-state index in [1.807, 2.05) is 60.4 Å². The second kappa shape index (κ2) is 8.35. The van der Waals surface area contributed by atoms with Gasteiger partial charge in [0, 0.05) is 56.2 Å². The van der Waals surface area contributed by atoms with E-state index < -0.39 is 0 Å². The molecule has 1 saturated heterocycles. The number of rotatable bonds is 5. The molecule has 1 aliphatic rings. The molecular weight excluding hydrogens is 350 g/mol. The Morgan fingerprint density at radius 3 is 2.64 bits per heavy atom. The third-order valence-electron chi connectivity index (χ3n) is 5.28. The number of likely N-dealkylation sites (tertiary alicyclic amines) is 1. The van der Waals surface area contributed by atoms with E-state index in [0.717, 1.165) is 49.3 Å². The molecule has 144 valence electrons. The molecule has 0 unspecified atom stereocenters. The van der Waals surface area contributed by atoms with E-state index in [0.29, 0.717) is 0 Å². The van der Waals surface area contributed by atoms with Crippen molar-refractivity contribution < 1.29 is 4.79 Å². The molecule has 3 aromatic rings. The van der Waals surface area contributed by atoms with Crippen molar-refractivity contribution in [3.05, 3.63) is 72.2 Å². The van der Waals surface area contributed by atoms with Gasteiger partial charge in [-0.1, -0.05) is 18.2 Å². The molecule has 6 heteroatoms. The fourth-order valence-corrected chi connectivity index (χ4v) is 3.63.